The number of pyridine rings is 1. The highest BCUT2D eigenvalue weighted by molar-refractivity contribution is 9.10. The summed E-state index contributed by atoms with van der Waals surface area (Å²) in [6, 6.07) is 3.94. The Kier molecular flexibility index (Phi) is 3.26. The molecule has 1 aliphatic heterocycles. The van der Waals surface area contributed by atoms with Crippen LogP contribution in [0.2, 0.25) is 0 Å². The van der Waals surface area contributed by atoms with Gasteiger partial charge in [0.25, 0.3) is 5.56 Å². The van der Waals surface area contributed by atoms with E-state index in [1.54, 1.807) is 6.07 Å². The van der Waals surface area contributed by atoms with Gasteiger partial charge in [-0.05, 0) is 39.0 Å². The van der Waals surface area contributed by atoms with E-state index in [1.807, 2.05) is 16.8 Å². The summed E-state index contributed by atoms with van der Waals surface area (Å²) in [6.45, 7) is 2.15. The molecular formula is C11H15BrN2O. The number of likely N-dealkylation sites (tertiary alicyclic amines) is 1. The maximum atomic E-state index is 11.7. The van der Waals surface area contributed by atoms with E-state index in [0.717, 1.165) is 30.4 Å². The molecule has 0 amide bonds. The first kappa shape index (κ1) is 10.9. The Hall–Kier alpha value is -0.610. The molecule has 2 rings (SSSR count). The van der Waals surface area contributed by atoms with Crippen LogP contribution in [0.1, 0.15) is 18.9 Å². The van der Waals surface area contributed by atoms with Crippen molar-refractivity contribution in [1.29, 1.82) is 0 Å². The summed E-state index contributed by atoms with van der Waals surface area (Å²) in [6.07, 6.45) is 4.03. The summed E-state index contributed by atoms with van der Waals surface area (Å²) in [5.41, 5.74) is 0.0962. The van der Waals surface area contributed by atoms with Crippen LogP contribution in [0.15, 0.2) is 27.6 Å². The molecule has 0 bridgehead atoms. The third-order valence-electron chi connectivity index (χ3n) is 2.99. The van der Waals surface area contributed by atoms with Gasteiger partial charge in [0.05, 0.1) is 0 Å². The SMILES string of the molecule is CN1CCC(n2ccc(Br)cc2=O)CC1. The molecule has 0 radical (unpaired) electrons. The topological polar surface area (TPSA) is 25.2 Å². The minimum absolute atomic E-state index is 0.0962. The second kappa shape index (κ2) is 4.49. The number of nitrogens with zero attached hydrogens (tertiary/aromatic N) is 2. The van der Waals surface area contributed by atoms with Gasteiger partial charge in [-0.1, -0.05) is 15.9 Å². The molecule has 1 fully saturated rings. The highest BCUT2D eigenvalue weighted by atomic mass is 79.9. The molecule has 3 nitrogen and oxygen atoms in total. The zero-order valence-electron chi connectivity index (χ0n) is 8.82. The van der Waals surface area contributed by atoms with Crippen molar-refractivity contribution in [3.05, 3.63) is 33.2 Å². The van der Waals surface area contributed by atoms with Gasteiger partial charge >= 0.3 is 0 Å². The second-order valence-corrected chi connectivity index (χ2v) is 5.04. The number of piperidine rings is 1. The Labute approximate surface area is 97.8 Å². The van der Waals surface area contributed by atoms with Crippen molar-refractivity contribution in [2.75, 3.05) is 20.1 Å². The van der Waals surface area contributed by atoms with Crippen LogP contribution in [0.3, 0.4) is 0 Å². The van der Waals surface area contributed by atoms with E-state index < -0.39 is 0 Å². The normalized spacial score (nSPS) is 19.3. The molecular weight excluding hydrogens is 256 g/mol. The lowest BCUT2D eigenvalue weighted by molar-refractivity contribution is 0.218. The van der Waals surface area contributed by atoms with Crippen LogP contribution >= 0.6 is 15.9 Å². The van der Waals surface area contributed by atoms with E-state index in [1.165, 1.54) is 0 Å². The van der Waals surface area contributed by atoms with Crippen LogP contribution in [0.25, 0.3) is 0 Å². The van der Waals surface area contributed by atoms with Gasteiger partial charge in [-0.25, -0.2) is 0 Å². The third kappa shape index (κ3) is 2.49. The Bertz CT molecular complexity index is 394. The lowest BCUT2D eigenvalue weighted by Crippen LogP contribution is -2.34. The highest BCUT2D eigenvalue weighted by Gasteiger charge is 2.18. The fourth-order valence-electron chi connectivity index (χ4n) is 2.04. The van der Waals surface area contributed by atoms with E-state index in [4.69, 9.17) is 0 Å². The lowest BCUT2D eigenvalue weighted by atomic mass is 10.1. The smallest absolute Gasteiger partial charge is 0.251 e. The standard InChI is InChI=1S/C11H15BrN2O/c1-13-5-3-10(4-6-13)14-7-2-9(12)8-11(14)15/h2,7-8,10H,3-6H2,1H3. The zero-order chi connectivity index (χ0) is 10.8. The van der Waals surface area contributed by atoms with Crippen LogP contribution in [0.5, 0.6) is 0 Å². The highest BCUT2D eigenvalue weighted by Crippen LogP contribution is 2.20. The molecule has 1 aliphatic rings. The fourth-order valence-corrected chi connectivity index (χ4v) is 2.35. The van der Waals surface area contributed by atoms with Gasteiger partial charge in [0, 0.05) is 22.8 Å². The number of rotatable bonds is 1. The van der Waals surface area contributed by atoms with Gasteiger partial charge in [-0.15, -0.1) is 0 Å². The van der Waals surface area contributed by atoms with Gasteiger partial charge in [0.1, 0.15) is 0 Å². The van der Waals surface area contributed by atoms with Crippen molar-refractivity contribution in [2.45, 2.75) is 18.9 Å². The Balaban J connectivity index is 2.19. The van der Waals surface area contributed by atoms with Crippen molar-refractivity contribution in [1.82, 2.24) is 9.47 Å². The molecule has 0 saturated carbocycles. The minimum Gasteiger partial charge on any atom is -0.312 e. The fraction of sp³-hybridized carbons (Fsp3) is 0.545. The van der Waals surface area contributed by atoms with Crippen molar-refractivity contribution in [2.24, 2.45) is 0 Å². The summed E-state index contributed by atoms with van der Waals surface area (Å²) in [5.74, 6) is 0. The minimum atomic E-state index is 0.0962. The van der Waals surface area contributed by atoms with E-state index in [0.29, 0.717) is 6.04 Å². The zero-order valence-corrected chi connectivity index (χ0v) is 10.4. The number of hydrogen-bond acceptors (Lipinski definition) is 2. The summed E-state index contributed by atoms with van der Waals surface area (Å²) in [4.78, 5) is 14.0. The molecule has 0 aromatic carbocycles. The van der Waals surface area contributed by atoms with Crippen LogP contribution in [0.4, 0.5) is 0 Å². The number of aromatic nitrogens is 1. The van der Waals surface area contributed by atoms with Crippen molar-refractivity contribution < 1.29 is 0 Å². The largest absolute Gasteiger partial charge is 0.312 e. The average molecular weight is 271 g/mol. The molecule has 82 valence electrons. The van der Waals surface area contributed by atoms with Crippen LogP contribution in [0, 0.1) is 0 Å². The molecule has 4 heteroatoms. The average Bonchev–Trinajstić information content (AvgIpc) is 2.20. The first-order chi connectivity index (χ1) is 7.16. The summed E-state index contributed by atoms with van der Waals surface area (Å²) in [7, 11) is 2.13. The molecule has 0 atom stereocenters. The molecule has 2 heterocycles. The van der Waals surface area contributed by atoms with Crippen molar-refractivity contribution in [3.63, 3.8) is 0 Å². The van der Waals surface area contributed by atoms with Crippen molar-refractivity contribution in [3.8, 4) is 0 Å². The molecule has 0 spiro atoms. The van der Waals surface area contributed by atoms with Gasteiger partial charge in [-0.2, -0.15) is 0 Å². The molecule has 0 unspecified atom stereocenters. The first-order valence-corrected chi connectivity index (χ1v) is 6.02. The van der Waals surface area contributed by atoms with Gasteiger partial charge < -0.3 is 9.47 Å². The first-order valence-electron chi connectivity index (χ1n) is 5.23. The molecule has 1 aromatic rings. The monoisotopic (exact) mass is 270 g/mol. The van der Waals surface area contributed by atoms with Gasteiger partial charge in [-0.3, -0.25) is 4.79 Å². The summed E-state index contributed by atoms with van der Waals surface area (Å²) < 4.78 is 2.72. The van der Waals surface area contributed by atoms with Crippen LogP contribution < -0.4 is 5.56 Å². The molecule has 0 N–H and O–H groups in total. The number of hydrogen-bond donors (Lipinski definition) is 0. The molecule has 1 aromatic heterocycles. The number of halogens is 1. The Morgan fingerprint density at radius 3 is 2.67 bits per heavy atom. The van der Waals surface area contributed by atoms with E-state index in [-0.39, 0.29) is 5.56 Å². The van der Waals surface area contributed by atoms with Gasteiger partial charge in [0.2, 0.25) is 0 Å². The molecule has 0 aliphatic carbocycles. The lowest BCUT2D eigenvalue weighted by Gasteiger charge is -2.30. The quantitative estimate of drug-likeness (QED) is 0.779. The van der Waals surface area contributed by atoms with E-state index >= 15 is 0 Å². The maximum absolute atomic E-state index is 11.7. The predicted octanol–water partition coefficient (Wildman–Crippen LogP) is 1.88. The second-order valence-electron chi connectivity index (χ2n) is 4.12. The predicted molar refractivity (Wildman–Crippen MR) is 64.2 cm³/mol. The molecule has 1 saturated heterocycles. The van der Waals surface area contributed by atoms with E-state index in [2.05, 4.69) is 27.9 Å². The van der Waals surface area contributed by atoms with Gasteiger partial charge in [0.15, 0.2) is 0 Å². The van der Waals surface area contributed by atoms with Crippen LogP contribution in [-0.2, 0) is 0 Å². The summed E-state index contributed by atoms with van der Waals surface area (Å²) >= 11 is 3.31. The summed E-state index contributed by atoms with van der Waals surface area (Å²) in [5, 5.41) is 0. The van der Waals surface area contributed by atoms with Crippen LogP contribution in [-0.4, -0.2) is 29.6 Å². The maximum Gasteiger partial charge on any atom is 0.251 e. The molecule has 15 heavy (non-hydrogen) atoms. The van der Waals surface area contributed by atoms with E-state index in [9.17, 15) is 4.79 Å². The van der Waals surface area contributed by atoms with Crippen molar-refractivity contribution >= 4 is 15.9 Å². The third-order valence-corrected chi connectivity index (χ3v) is 3.48. The Morgan fingerprint density at radius 2 is 2.07 bits per heavy atom. The Morgan fingerprint density at radius 1 is 1.40 bits per heavy atom.